The van der Waals surface area contributed by atoms with E-state index < -0.39 is 30.4 Å². The SMILES string of the molecule is Cc1ccc(S(C)(=O)=N/C=C2\C(=O)c3sccc3N(C)S2(=O)=O)cc1. The maximum atomic E-state index is 12.8. The summed E-state index contributed by atoms with van der Waals surface area (Å²) in [6.45, 7) is 1.90. The summed E-state index contributed by atoms with van der Waals surface area (Å²) in [4.78, 5) is 12.9. The van der Waals surface area contributed by atoms with Gasteiger partial charge >= 0.3 is 0 Å². The highest BCUT2D eigenvalue weighted by atomic mass is 32.2. The number of carbonyl (C=O) groups is 1. The van der Waals surface area contributed by atoms with E-state index in [4.69, 9.17) is 0 Å². The average molecular weight is 397 g/mol. The number of nitrogens with zero attached hydrogens (tertiary/aromatic N) is 2. The number of benzene rings is 1. The van der Waals surface area contributed by atoms with Gasteiger partial charge < -0.3 is 0 Å². The number of rotatable bonds is 2. The first-order valence-electron chi connectivity index (χ1n) is 7.24. The molecule has 0 bridgehead atoms. The van der Waals surface area contributed by atoms with Crippen LogP contribution >= 0.6 is 11.3 Å². The summed E-state index contributed by atoms with van der Waals surface area (Å²) in [5, 5.41) is 1.66. The Morgan fingerprint density at radius 1 is 1.20 bits per heavy atom. The first-order valence-corrected chi connectivity index (χ1v) is 11.5. The van der Waals surface area contributed by atoms with Crippen molar-refractivity contribution in [2.24, 2.45) is 4.36 Å². The minimum atomic E-state index is -4.01. The number of Topliss-reactive ketones (excluding diaryl/α,β-unsaturated/α-hetero) is 1. The van der Waals surface area contributed by atoms with Crippen LogP contribution in [0.1, 0.15) is 15.2 Å². The van der Waals surface area contributed by atoms with Crippen LogP contribution in [0.5, 0.6) is 0 Å². The van der Waals surface area contributed by atoms with E-state index in [1.54, 1.807) is 35.7 Å². The zero-order chi connectivity index (χ0) is 18.4. The number of anilines is 1. The van der Waals surface area contributed by atoms with Crippen molar-refractivity contribution in [2.45, 2.75) is 11.8 Å². The first-order chi connectivity index (χ1) is 11.6. The largest absolute Gasteiger partial charge is 0.287 e. The number of aryl methyl sites for hydroxylation is 1. The molecule has 1 unspecified atom stereocenters. The molecule has 0 aliphatic carbocycles. The Morgan fingerprint density at radius 2 is 1.84 bits per heavy atom. The molecule has 1 aromatic heterocycles. The lowest BCUT2D eigenvalue weighted by Crippen LogP contribution is -2.35. The summed E-state index contributed by atoms with van der Waals surface area (Å²) in [6.07, 6.45) is 2.34. The Hall–Kier alpha value is -1.97. The topological polar surface area (TPSA) is 83.9 Å². The number of sulfonamides is 1. The standard InChI is InChI=1S/C16H16N2O4S3/c1-11-4-6-12(7-5-11)24(3,20)17-10-14-15(19)16-13(8-9-23-16)18(2)25(14,21)22/h4-10H,1-3H3/b14-10+. The minimum Gasteiger partial charge on any atom is -0.287 e. The molecule has 1 atom stereocenters. The van der Waals surface area contributed by atoms with E-state index in [2.05, 4.69) is 4.36 Å². The molecule has 132 valence electrons. The second-order valence-electron chi connectivity index (χ2n) is 5.65. The average Bonchev–Trinajstić information content (AvgIpc) is 3.03. The molecule has 1 aromatic carbocycles. The number of fused-ring (bicyclic) bond motifs is 1. The Bertz CT molecular complexity index is 1100. The molecule has 0 fully saturated rings. The third-order valence-electron chi connectivity index (χ3n) is 3.88. The van der Waals surface area contributed by atoms with Crippen molar-refractivity contribution < 1.29 is 17.4 Å². The number of carbonyl (C=O) groups excluding carboxylic acids is 1. The highest BCUT2D eigenvalue weighted by Crippen LogP contribution is 2.37. The highest BCUT2D eigenvalue weighted by Gasteiger charge is 2.39. The van der Waals surface area contributed by atoms with Crippen molar-refractivity contribution in [3.05, 3.63) is 57.3 Å². The van der Waals surface area contributed by atoms with E-state index in [1.165, 1.54) is 13.3 Å². The van der Waals surface area contributed by atoms with Crippen molar-refractivity contribution in [1.29, 1.82) is 0 Å². The summed E-state index contributed by atoms with van der Waals surface area (Å²) in [5.41, 5.74) is 1.36. The van der Waals surface area contributed by atoms with Crippen LogP contribution in [0.3, 0.4) is 0 Å². The van der Waals surface area contributed by atoms with Crippen LogP contribution in [0.4, 0.5) is 5.69 Å². The summed E-state index contributed by atoms with van der Waals surface area (Å²) >= 11 is 1.16. The molecule has 0 N–H and O–H groups in total. The van der Waals surface area contributed by atoms with Gasteiger partial charge in [0.15, 0.2) is 4.91 Å². The highest BCUT2D eigenvalue weighted by molar-refractivity contribution is 7.98. The molecular weight excluding hydrogens is 380 g/mol. The molecule has 1 aliphatic rings. The van der Waals surface area contributed by atoms with Crippen molar-refractivity contribution in [3.63, 3.8) is 0 Å². The van der Waals surface area contributed by atoms with E-state index in [0.717, 1.165) is 27.4 Å². The van der Waals surface area contributed by atoms with Gasteiger partial charge in [-0.3, -0.25) is 9.10 Å². The fourth-order valence-corrected chi connectivity index (χ4v) is 5.71. The van der Waals surface area contributed by atoms with Crippen molar-refractivity contribution in [2.75, 3.05) is 17.6 Å². The van der Waals surface area contributed by atoms with Crippen LogP contribution in [0.2, 0.25) is 0 Å². The molecule has 9 heteroatoms. The zero-order valence-corrected chi connectivity index (χ0v) is 16.2. The number of allylic oxidation sites excluding steroid dienone is 1. The van der Waals surface area contributed by atoms with Crippen LogP contribution in [0, 0.1) is 6.92 Å². The molecule has 25 heavy (non-hydrogen) atoms. The third-order valence-corrected chi connectivity index (χ3v) is 8.20. The number of hydrogen-bond donors (Lipinski definition) is 0. The van der Waals surface area contributed by atoms with E-state index >= 15 is 0 Å². The lowest BCUT2D eigenvalue weighted by Gasteiger charge is -2.24. The monoisotopic (exact) mass is 396 g/mol. The van der Waals surface area contributed by atoms with E-state index in [9.17, 15) is 17.4 Å². The van der Waals surface area contributed by atoms with Gasteiger partial charge in [0.05, 0.1) is 21.6 Å². The van der Waals surface area contributed by atoms with Gasteiger partial charge in [0.25, 0.3) is 10.0 Å². The summed E-state index contributed by atoms with van der Waals surface area (Å²) in [6, 6.07) is 8.55. The van der Waals surface area contributed by atoms with Crippen molar-refractivity contribution >= 4 is 42.6 Å². The molecule has 2 aromatic rings. The maximum Gasteiger partial charge on any atom is 0.269 e. The van der Waals surface area contributed by atoms with Crippen LogP contribution in [-0.2, 0) is 19.8 Å². The quantitative estimate of drug-likeness (QED) is 0.731. The summed E-state index contributed by atoms with van der Waals surface area (Å²) < 4.78 is 43.0. The van der Waals surface area contributed by atoms with E-state index in [0.29, 0.717) is 15.5 Å². The van der Waals surface area contributed by atoms with Gasteiger partial charge in [0.1, 0.15) is 4.88 Å². The second kappa shape index (κ2) is 6.08. The summed E-state index contributed by atoms with van der Waals surface area (Å²) in [7, 11) is -5.50. The van der Waals surface area contributed by atoms with Crippen molar-refractivity contribution in [1.82, 2.24) is 0 Å². The van der Waals surface area contributed by atoms with Gasteiger partial charge in [-0.25, -0.2) is 17.0 Å². The molecule has 2 heterocycles. The Morgan fingerprint density at radius 3 is 2.48 bits per heavy atom. The molecule has 0 saturated heterocycles. The fourth-order valence-electron chi connectivity index (χ4n) is 2.35. The predicted octanol–water partition coefficient (Wildman–Crippen LogP) is 3.02. The zero-order valence-electron chi connectivity index (χ0n) is 13.8. The molecular formula is C16H16N2O4S3. The maximum absolute atomic E-state index is 12.8. The van der Waals surface area contributed by atoms with Crippen LogP contribution in [0.15, 0.2) is 56.1 Å². The molecule has 1 aliphatic heterocycles. The van der Waals surface area contributed by atoms with Gasteiger partial charge in [-0.1, -0.05) is 17.7 Å². The Kier molecular flexibility index (Phi) is 4.34. The molecule has 3 rings (SSSR count). The number of hydrogen-bond acceptors (Lipinski definition) is 6. The Balaban J connectivity index is 2.13. The molecule has 0 spiro atoms. The van der Waals surface area contributed by atoms with Gasteiger partial charge in [0.2, 0.25) is 5.78 Å². The van der Waals surface area contributed by atoms with Gasteiger partial charge in [0, 0.05) is 18.2 Å². The second-order valence-corrected chi connectivity index (χ2v) is 10.8. The van der Waals surface area contributed by atoms with E-state index in [1.807, 2.05) is 6.92 Å². The minimum absolute atomic E-state index is 0.330. The van der Waals surface area contributed by atoms with Gasteiger partial charge in [-0.05, 0) is 30.5 Å². The smallest absolute Gasteiger partial charge is 0.269 e. The van der Waals surface area contributed by atoms with E-state index in [-0.39, 0.29) is 0 Å². The Labute approximate surface area is 151 Å². The normalized spacial score (nSPS) is 20.2. The lowest BCUT2D eigenvalue weighted by atomic mass is 10.2. The van der Waals surface area contributed by atoms with Gasteiger partial charge in [-0.2, -0.15) is 0 Å². The molecule has 0 amide bonds. The van der Waals surface area contributed by atoms with Gasteiger partial charge in [-0.15, -0.1) is 11.3 Å². The number of ketones is 1. The fraction of sp³-hybridized carbons (Fsp3) is 0.188. The molecule has 6 nitrogen and oxygen atoms in total. The third kappa shape index (κ3) is 3.03. The predicted molar refractivity (Wildman–Crippen MR) is 100.0 cm³/mol. The van der Waals surface area contributed by atoms with Crippen molar-refractivity contribution in [3.8, 4) is 0 Å². The lowest BCUT2D eigenvalue weighted by molar-refractivity contribution is 0.104. The molecule has 0 saturated carbocycles. The summed E-state index contributed by atoms with van der Waals surface area (Å²) in [5.74, 6) is -0.619. The molecule has 0 radical (unpaired) electrons. The van der Waals surface area contributed by atoms with Crippen LogP contribution in [-0.4, -0.2) is 31.7 Å². The van der Waals surface area contributed by atoms with Crippen LogP contribution < -0.4 is 4.31 Å². The number of thiophene rings is 1. The first kappa shape index (κ1) is 17.8. The van der Waals surface area contributed by atoms with Crippen LogP contribution in [0.25, 0.3) is 0 Å².